The quantitative estimate of drug-likeness (QED) is 0.777. The van der Waals surface area contributed by atoms with Crippen LogP contribution in [0.4, 0.5) is 0 Å². The van der Waals surface area contributed by atoms with Crippen molar-refractivity contribution in [2.24, 2.45) is 0 Å². The van der Waals surface area contributed by atoms with Gasteiger partial charge in [0.1, 0.15) is 0 Å². The van der Waals surface area contributed by atoms with E-state index in [1.165, 1.54) is 0 Å². The zero-order chi connectivity index (χ0) is 9.80. The summed E-state index contributed by atoms with van der Waals surface area (Å²) in [6.45, 7) is 0. The van der Waals surface area contributed by atoms with Gasteiger partial charge < -0.3 is 0 Å². The number of hydrogen-bond acceptors (Lipinski definition) is 0. The van der Waals surface area contributed by atoms with Gasteiger partial charge in [-0.2, -0.15) is 0 Å². The van der Waals surface area contributed by atoms with Crippen molar-refractivity contribution in [3.05, 3.63) is 60.7 Å². The molecule has 0 aromatic heterocycles. The molecule has 0 amide bonds. The Kier molecular flexibility index (Phi) is 3.32. The van der Waals surface area contributed by atoms with Crippen molar-refractivity contribution in [3.63, 3.8) is 0 Å². The first-order valence-electron chi connectivity index (χ1n) is 4.82. The van der Waals surface area contributed by atoms with Gasteiger partial charge in [-0.1, -0.05) is 0 Å². The van der Waals surface area contributed by atoms with Crippen LogP contribution in [0.5, 0.6) is 0 Å². The molecule has 0 aliphatic rings. The minimum absolute atomic E-state index is 1.50. The van der Waals surface area contributed by atoms with Gasteiger partial charge in [-0.15, -0.1) is 0 Å². The van der Waals surface area contributed by atoms with E-state index in [0.29, 0.717) is 0 Å². The van der Waals surface area contributed by atoms with Crippen molar-refractivity contribution in [2.75, 3.05) is 0 Å². The van der Waals surface area contributed by atoms with Crippen molar-refractivity contribution in [3.8, 4) is 0 Å². The van der Waals surface area contributed by atoms with Crippen LogP contribution in [0.2, 0.25) is 4.63 Å². The number of hydrogen-bond donors (Lipinski definition) is 0. The molecule has 0 saturated carbocycles. The third-order valence-corrected chi connectivity index (χ3v) is 8.31. The standard InChI is InChI=1S/2C6H5.CH3.Zr/c2*1-2-4-6-5-3-1;;/h2*1-5H;1H3;. The van der Waals surface area contributed by atoms with Gasteiger partial charge in [0.25, 0.3) is 0 Å². The molecule has 0 heterocycles. The average Bonchev–Trinajstić information content (AvgIpc) is 2.30. The van der Waals surface area contributed by atoms with Crippen molar-refractivity contribution < 1.29 is 21.8 Å². The van der Waals surface area contributed by atoms with Gasteiger partial charge in [-0.25, -0.2) is 0 Å². The summed E-state index contributed by atoms with van der Waals surface area (Å²) in [7, 11) is 0. The van der Waals surface area contributed by atoms with Crippen LogP contribution < -0.4 is 6.54 Å². The Morgan fingerprint density at radius 3 is 1.36 bits per heavy atom. The molecule has 2 rings (SSSR count). The van der Waals surface area contributed by atoms with Crippen LogP contribution in [0.1, 0.15) is 0 Å². The first-order valence-corrected chi connectivity index (χ1v) is 9.74. The van der Waals surface area contributed by atoms with Crippen LogP contribution in [0.25, 0.3) is 0 Å². The first-order chi connectivity index (χ1) is 6.88. The Labute approximate surface area is 93.3 Å². The molecular weight excluding hydrogens is 247 g/mol. The molecule has 0 bridgehead atoms. The van der Waals surface area contributed by atoms with E-state index in [0.717, 1.165) is 0 Å². The normalized spacial score (nSPS) is 9.79. The zero-order valence-corrected chi connectivity index (χ0v) is 10.7. The second-order valence-corrected chi connectivity index (χ2v) is 9.27. The Morgan fingerprint density at radius 2 is 1.00 bits per heavy atom. The predicted octanol–water partition coefficient (Wildman–Crippen LogP) is 2.30. The van der Waals surface area contributed by atoms with Gasteiger partial charge in [0.2, 0.25) is 0 Å². The minimum atomic E-state index is -1.50. The van der Waals surface area contributed by atoms with Gasteiger partial charge in [-0.3, -0.25) is 0 Å². The fraction of sp³-hybridized carbons (Fsp3) is 0.0769. The Balaban J connectivity index is 2.30. The third kappa shape index (κ3) is 2.22. The Hall–Kier alpha value is -0.677. The molecule has 0 aliphatic heterocycles. The molecule has 69 valence electrons. The summed E-state index contributed by atoms with van der Waals surface area (Å²) < 4.78 is 5.58. The van der Waals surface area contributed by atoms with E-state index >= 15 is 0 Å². The molecule has 2 aromatic rings. The molecule has 0 N–H and O–H groups in total. The topological polar surface area (TPSA) is 0 Å². The monoisotopic (exact) mass is 259 g/mol. The second kappa shape index (κ2) is 4.71. The third-order valence-electron chi connectivity index (χ3n) is 2.41. The van der Waals surface area contributed by atoms with Crippen LogP contribution in [0.3, 0.4) is 0 Å². The van der Waals surface area contributed by atoms with E-state index in [4.69, 9.17) is 0 Å². The molecule has 0 nitrogen and oxygen atoms in total. The fourth-order valence-corrected chi connectivity index (χ4v) is 5.77. The van der Waals surface area contributed by atoms with Crippen LogP contribution in [-0.2, 0) is 21.8 Å². The molecule has 2 aromatic carbocycles. The van der Waals surface area contributed by atoms with Crippen molar-refractivity contribution >= 4 is 6.54 Å². The average molecular weight is 260 g/mol. The summed E-state index contributed by atoms with van der Waals surface area (Å²) >= 11 is -1.50. The predicted molar refractivity (Wildman–Crippen MR) is 58.0 cm³/mol. The molecule has 0 radical (unpaired) electrons. The van der Waals surface area contributed by atoms with Crippen LogP contribution in [0.15, 0.2) is 60.7 Å². The molecule has 0 aliphatic carbocycles. The van der Waals surface area contributed by atoms with Crippen molar-refractivity contribution in [1.82, 2.24) is 0 Å². The summed E-state index contributed by atoms with van der Waals surface area (Å²) in [5, 5.41) is 0. The van der Waals surface area contributed by atoms with Crippen LogP contribution in [0, 0.1) is 0 Å². The van der Waals surface area contributed by atoms with E-state index in [1.807, 2.05) is 0 Å². The molecule has 14 heavy (non-hydrogen) atoms. The number of rotatable bonds is 2. The first kappa shape index (κ1) is 9.86. The van der Waals surface area contributed by atoms with E-state index < -0.39 is 21.8 Å². The number of benzene rings is 2. The van der Waals surface area contributed by atoms with E-state index in [-0.39, 0.29) is 0 Å². The summed E-state index contributed by atoms with van der Waals surface area (Å²) in [6, 6.07) is 21.8. The van der Waals surface area contributed by atoms with Crippen molar-refractivity contribution in [2.45, 2.75) is 4.63 Å². The van der Waals surface area contributed by atoms with Gasteiger partial charge in [-0.05, 0) is 0 Å². The SMILES string of the molecule is [CH3][Zr]([c]1ccccc1)[c]1ccccc1. The van der Waals surface area contributed by atoms with E-state index in [9.17, 15) is 0 Å². The van der Waals surface area contributed by atoms with Crippen LogP contribution in [-0.4, -0.2) is 0 Å². The fourth-order valence-electron chi connectivity index (χ4n) is 1.54. The molecule has 0 fully saturated rings. The Bertz CT molecular complexity index is 341. The summed E-state index contributed by atoms with van der Waals surface area (Å²) in [5.41, 5.74) is 0. The maximum atomic E-state index is 2.44. The molecule has 0 spiro atoms. The second-order valence-electron chi connectivity index (χ2n) is 3.36. The summed E-state index contributed by atoms with van der Waals surface area (Å²) in [6.07, 6.45) is 0. The van der Waals surface area contributed by atoms with Crippen LogP contribution >= 0.6 is 0 Å². The van der Waals surface area contributed by atoms with E-state index in [2.05, 4.69) is 65.3 Å². The van der Waals surface area contributed by atoms with Gasteiger partial charge >= 0.3 is 93.6 Å². The maximum absolute atomic E-state index is 2.44. The molecule has 0 unspecified atom stereocenters. The Morgan fingerprint density at radius 1 is 0.643 bits per heavy atom. The van der Waals surface area contributed by atoms with Gasteiger partial charge in [0, 0.05) is 0 Å². The summed E-state index contributed by atoms with van der Waals surface area (Å²) in [5.74, 6) is 0. The molecule has 0 saturated heterocycles. The van der Waals surface area contributed by atoms with Gasteiger partial charge in [0.05, 0.1) is 0 Å². The molecular formula is C13H13Zr. The van der Waals surface area contributed by atoms with Gasteiger partial charge in [0.15, 0.2) is 0 Å². The van der Waals surface area contributed by atoms with E-state index in [1.54, 1.807) is 6.54 Å². The molecule has 0 atom stereocenters. The zero-order valence-electron chi connectivity index (χ0n) is 8.27. The molecule has 1 heteroatoms. The van der Waals surface area contributed by atoms with Crippen molar-refractivity contribution in [1.29, 1.82) is 0 Å². The summed E-state index contributed by atoms with van der Waals surface area (Å²) in [4.78, 5) is 0.